The number of piperazine rings is 1. The lowest BCUT2D eigenvalue weighted by atomic mass is 9.85. The minimum atomic E-state index is -4.56. The van der Waals surface area contributed by atoms with Gasteiger partial charge in [-0.2, -0.15) is 17.5 Å². The molecule has 8 nitrogen and oxygen atoms in total. The molecule has 1 aliphatic carbocycles. The molecule has 1 amide bonds. The smallest absolute Gasteiger partial charge is 0.333 e. The predicted molar refractivity (Wildman–Crippen MR) is 135 cm³/mol. The summed E-state index contributed by atoms with van der Waals surface area (Å²) in [5, 5.41) is 0. The summed E-state index contributed by atoms with van der Waals surface area (Å²) in [5.41, 5.74) is -0.0890. The largest absolute Gasteiger partial charge is 0.416 e. The first-order valence-corrected chi connectivity index (χ1v) is 15.6. The number of rotatable bonds is 6. The van der Waals surface area contributed by atoms with Crippen LogP contribution in [0.5, 0.6) is 0 Å². The van der Waals surface area contributed by atoms with Gasteiger partial charge in [-0.25, -0.2) is 21.6 Å². The second-order valence-corrected chi connectivity index (χ2v) is 13.5. The fourth-order valence-corrected chi connectivity index (χ4v) is 7.22. The van der Waals surface area contributed by atoms with Crippen LogP contribution in [0.15, 0.2) is 59.5 Å². The molecule has 208 valence electrons. The molecule has 0 radical (unpaired) electrons. The quantitative estimate of drug-likeness (QED) is 0.571. The fraction of sp³-hybridized carbons (Fsp3) is 0.480. The molecule has 0 unspecified atom stereocenters. The normalized spacial score (nSPS) is 23.8. The lowest BCUT2D eigenvalue weighted by Gasteiger charge is -2.43. The van der Waals surface area contributed by atoms with Crippen molar-refractivity contribution in [3.63, 3.8) is 0 Å². The maximum atomic E-state index is 13.5. The van der Waals surface area contributed by atoms with Gasteiger partial charge in [0, 0.05) is 31.6 Å². The number of carbonyl (C=O) groups excluding carboxylic acids is 1. The van der Waals surface area contributed by atoms with E-state index in [1.807, 2.05) is 30.3 Å². The second-order valence-electron chi connectivity index (χ2n) is 9.77. The number of amides is 1. The third-order valence-corrected chi connectivity index (χ3v) is 9.98. The molecule has 1 saturated heterocycles. The average Bonchev–Trinajstić information content (AvgIpc) is 2.88. The SMILES string of the molecule is CS(=O)(=O)N1CCN(C(=O)C2CCC(NS(=O)(=O)c3ccc(C(F)(F)F)cc3)CC2)[C@@H](c2ccccc2)C1. The molecule has 2 aliphatic rings. The molecule has 0 bridgehead atoms. The van der Waals surface area contributed by atoms with Crippen molar-refractivity contribution in [1.82, 2.24) is 13.9 Å². The molecule has 0 spiro atoms. The standard InChI is InChI=1S/C25H30F3N3O5S2/c1-37(33,34)30-15-16-31(23(17-30)18-5-3-2-4-6-18)24(32)19-7-11-21(12-8-19)29-38(35,36)22-13-9-20(10-14-22)25(26,27)28/h2-6,9-10,13-14,19,21,23,29H,7-8,11-12,15-17H2,1H3/t19?,21?,23-/m1/s1. The van der Waals surface area contributed by atoms with Gasteiger partial charge in [-0.1, -0.05) is 30.3 Å². The monoisotopic (exact) mass is 573 g/mol. The Bertz CT molecular complexity index is 1340. The van der Waals surface area contributed by atoms with Gasteiger partial charge in [-0.15, -0.1) is 0 Å². The third-order valence-electron chi connectivity index (χ3n) is 7.17. The minimum absolute atomic E-state index is 0.0870. The van der Waals surface area contributed by atoms with Crippen LogP contribution in [0.3, 0.4) is 0 Å². The van der Waals surface area contributed by atoms with Crippen molar-refractivity contribution in [2.45, 2.75) is 48.8 Å². The van der Waals surface area contributed by atoms with Crippen LogP contribution in [0, 0.1) is 5.92 Å². The van der Waals surface area contributed by atoms with E-state index in [1.54, 1.807) is 4.90 Å². The van der Waals surface area contributed by atoms with E-state index in [4.69, 9.17) is 0 Å². The summed E-state index contributed by atoms with van der Waals surface area (Å²) in [6, 6.07) is 11.7. The zero-order valence-corrected chi connectivity index (χ0v) is 22.4. The topological polar surface area (TPSA) is 104 Å². The summed E-state index contributed by atoms with van der Waals surface area (Å²) < 4.78 is 92.1. The molecule has 1 heterocycles. The number of alkyl halides is 3. The Balaban J connectivity index is 1.40. The number of nitrogens with zero attached hydrogens (tertiary/aromatic N) is 2. The highest BCUT2D eigenvalue weighted by atomic mass is 32.2. The molecule has 2 fully saturated rings. The van der Waals surface area contributed by atoms with Gasteiger partial charge in [-0.05, 0) is 55.5 Å². The van der Waals surface area contributed by atoms with Crippen LogP contribution in [0.1, 0.15) is 42.9 Å². The predicted octanol–water partition coefficient (Wildman–Crippen LogP) is 3.39. The Kier molecular flexibility index (Phi) is 8.22. The van der Waals surface area contributed by atoms with Crippen LogP contribution >= 0.6 is 0 Å². The molecule has 2 aromatic rings. The van der Waals surface area contributed by atoms with Crippen molar-refractivity contribution >= 4 is 26.0 Å². The van der Waals surface area contributed by atoms with Gasteiger partial charge in [0.05, 0.1) is 22.8 Å². The highest BCUT2D eigenvalue weighted by Gasteiger charge is 2.39. The molecule has 4 rings (SSSR count). The van der Waals surface area contributed by atoms with Gasteiger partial charge in [0.15, 0.2) is 0 Å². The summed E-state index contributed by atoms with van der Waals surface area (Å²) in [6.45, 7) is 0.624. The van der Waals surface area contributed by atoms with E-state index < -0.39 is 43.9 Å². The molecule has 2 aromatic carbocycles. The summed E-state index contributed by atoms with van der Waals surface area (Å²) in [6.07, 6.45) is -1.73. The second kappa shape index (κ2) is 10.9. The summed E-state index contributed by atoms with van der Waals surface area (Å²) in [5.74, 6) is -0.422. The van der Waals surface area contributed by atoms with E-state index in [2.05, 4.69) is 4.72 Å². The van der Waals surface area contributed by atoms with E-state index in [1.165, 1.54) is 4.31 Å². The van der Waals surface area contributed by atoms with E-state index in [-0.39, 0.29) is 36.4 Å². The first-order valence-electron chi connectivity index (χ1n) is 12.3. The Hall–Kier alpha value is -2.48. The van der Waals surface area contributed by atoms with Gasteiger partial charge in [0.2, 0.25) is 26.0 Å². The number of nitrogens with one attached hydrogen (secondary N) is 1. The van der Waals surface area contributed by atoms with Crippen molar-refractivity contribution in [1.29, 1.82) is 0 Å². The van der Waals surface area contributed by atoms with Crippen LogP contribution < -0.4 is 4.72 Å². The van der Waals surface area contributed by atoms with Crippen LogP contribution in [0.4, 0.5) is 13.2 Å². The van der Waals surface area contributed by atoms with Gasteiger partial charge in [-0.3, -0.25) is 4.79 Å². The Labute approximate surface area is 220 Å². The molecular weight excluding hydrogens is 543 g/mol. The first-order chi connectivity index (χ1) is 17.8. The van der Waals surface area contributed by atoms with Gasteiger partial charge >= 0.3 is 6.18 Å². The molecule has 13 heteroatoms. The molecule has 1 saturated carbocycles. The van der Waals surface area contributed by atoms with Crippen molar-refractivity contribution in [3.8, 4) is 0 Å². The number of carbonyl (C=O) groups is 1. The highest BCUT2D eigenvalue weighted by Crippen LogP contribution is 2.33. The van der Waals surface area contributed by atoms with Gasteiger partial charge < -0.3 is 4.90 Å². The number of sulfonamides is 2. The van der Waals surface area contributed by atoms with Crippen molar-refractivity contribution in [3.05, 3.63) is 65.7 Å². The average molecular weight is 574 g/mol. The maximum absolute atomic E-state index is 13.5. The van der Waals surface area contributed by atoms with Crippen LogP contribution in [0.25, 0.3) is 0 Å². The summed E-state index contributed by atoms with van der Waals surface area (Å²) in [7, 11) is -7.44. The van der Waals surface area contributed by atoms with E-state index >= 15 is 0 Å². The maximum Gasteiger partial charge on any atom is 0.416 e. The number of hydrogen-bond acceptors (Lipinski definition) is 5. The summed E-state index contributed by atoms with van der Waals surface area (Å²) >= 11 is 0. The summed E-state index contributed by atoms with van der Waals surface area (Å²) in [4.78, 5) is 15.0. The zero-order chi connectivity index (χ0) is 27.7. The van der Waals surface area contributed by atoms with Crippen LogP contribution in [-0.2, 0) is 31.0 Å². The van der Waals surface area contributed by atoms with Crippen LogP contribution in [-0.4, -0.2) is 63.9 Å². The molecule has 1 atom stereocenters. The number of benzene rings is 2. The van der Waals surface area contributed by atoms with Crippen molar-refractivity contribution in [2.75, 3.05) is 25.9 Å². The van der Waals surface area contributed by atoms with E-state index in [9.17, 15) is 34.8 Å². The lowest BCUT2D eigenvalue weighted by Crippen LogP contribution is -2.53. The van der Waals surface area contributed by atoms with Gasteiger partial charge in [0.25, 0.3) is 0 Å². The molecular formula is C25H30F3N3O5S2. The Morgan fingerprint density at radius 1 is 0.895 bits per heavy atom. The zero-order valence-electron chi connectivity index (χ0n) is 20.8. The molecule has 38 heavy (non-hydrogen) atoms. The minimum Gasteiger partial charge on any atom is -0.333 e. The van der Waals surface area contributed by atoms with Crippen molar-refractivity contribution in [2.24, 2.45) is 5.92 Å². The van der Waals surface area contributed by atoms with Crippen molar-refractivity contribution < 1.29 is 34.8 Å². The fourth-order valence-electron chi connectivity index (χ4n) is 5.09. The molecule has 1 aliphatic heterocycles. The lowest BCUT2D eigenvalue weighted by molar-refractivity contribution is -0.141. The third kappa shape index (κ3) is 6.56. The first kappa shape index (κ1) is 28.5. The van der Waals surface area contributed by atoms with E-state index in [0.717, 1.165) is 36.1 Å². The van der Waals surface area contributed by atoms with Gasteiger partial charge in [0.1, 0.15) is 0 Å². The molecule has 1 N–H and O–H groups in total. The van der Waals surface area contributed by atoms with E-state index in [0.29, 0.717) is 25.7 Å². The number of halogens is 3. The number of hydrogen-bond donors (Lipinski definition) is 1. The molecule has 0 aromatic heterocycles. The Morgan fingerprint density at radius 2 is 1.50 bits per heavy atom. The Morgan fingerprint density at radius 3 is 2.05 bits per heavy atom. The van der Waals surface area contributed by atoms with Crippen LogP contribution in [0.2, 0.25) is 0 Å². The highest BCUT2D eigenvalue weighted by molar-refractivity contribution is 7.89.